The molecule has 0 saturated heterocycles. The van der Waals surface area contributed by atoms with Crippen molar-refractivity contribution in [3.05, 3.63) is 59.7 Å². The maximum absolute atomic E-state index is 9.57. The van der Waals surface area contributed by atoms with Gasteiger partial charge in [0, 0.05) is 5.41 Å². The van der Waals surface area contributed by atoms with Crippen molar-refractivity contribution in [3.63, 3.8) is 0 Å². The zero-order valence-electron chi connectivity index (χ0n) is 12.5. The molecule has 1 aliphatic rings. The maximum atomic E-state index is 9.57. The second-order valence-corrected chi connectivity index (χ2v) is 5.92. The van der Waals surface area contributed by atoms with E-state index < -0.39 is 0 Å². The second kappa shape index (κ2) is 5.80. The number of phenolic OH excluding ortho intramolecular Hbond substituents is 1. The Hall–Kier alpha value is -1.96. The zero-order chi connectivity index (χ0) is 14.7. The number of methoxy groups -OCH3 is 1. The molecule has 0 aromatic heterocycles. The summed E-state index contributed by atoms with van der Waals surface area (Å²) in [6, 6.07) is 16.2. The summed E-state index contributed by atoms with van der Waals surface area (Å²) in [6.45, 7) is 0. The topological polar surface area (TPSA) is 29.5 Å². The second-order valence-electron chi connectivity index (χ2n) is 5.92. The minimum atomic E-state index is 0.0560. The lowest BCUT2D eigenvalue weighted by atomic mass is 9.65. The van der Waals surface area contributed by atoms with Crippen LogP contribution < -0.4 is 4.74 Å². The normalized spacial score (nSPS) is 17.4. The first-order valence-electron chi connectivity index (χ1n) is 7.69. The van der Waals surface area contributed by atoms with Crippen molar-refractivity contribution in [2.75, 3.05) is 7.11 Å². The Labute approximate surface area is 126 Å². The number of hydrogen-bond acceptors (Lipinski definition) is 2. The van der Waals surface area contributed by atoms with E-state index in [-0.39, 0.29) is 5.41 Å². The fraction of sp³-hybridized carbons (Fsp3) is 0.368. The van der Waals surface area contributed by atoms with Gasteiger partial charge in [-0.1, -0.05) is 43.5 Å². The molecule has 1 aliphatic carbocycles. The van der Waals surface area contributed by atoms with Crippen molar-refractivity contribution >= 4 is 0 Å². The highest BCUT2D eigenvalue weighted by molar-refractivity contribution is 5.44. The molecule has 0 bridgehead atoms. The van der Waals surface area contributed by atoms with Gasteiger partial charge in [-0.15, -0.1) is 0 Å². The van der Waals surface area contributed by atoms with Crippen LogP contribution in [0.5, 0.6) is 11.5 Å². The summed E-state index contributed by atoms with van der Waals surface area (Å²) in [4.78, 5) is 0. The number of rotatable bonds is 3. The van der Waals surface area contributed by atoms with Crippen LogP contribution in [0.2, 0.25) is 0 Å². The van der Waals surface area contributed by atoms with E-state index in [0.717, 1.165) is 18.6 Å². The third-order valence-corrected chi connectivity index (χ3v) is 4.75. The molecule has 0 spiro atoms. The Morgan fingerprint density at radius 1 is 0.905 bits per heavy atom. The third-order valence-electron chi connectivity index (χ3n) is 4.75. The largest absolute Gasteiger partial charge is 0.508 e. The number of phenols is 1. The SMILES string of the molecule is COc1cccc(C2(c3ccc(O)cc3)CCCCC2)c1. The molecule has 0 radical (unpaired) electrons. The van der Waals surface area contributed by atoms with Gasteiger partial charge in [0.15, 0.2) is 0 Å². The van der Waals surface area contributed by atoms with Crippen LogP contribution in [0.4, 0.5) is 0 Å². The van der Waals surface area contributed by atoms with Crippen LogP contribution >= 0.6 is 0 Å². The van der Waals surface area contributed by atoms with Gasteiger partial charge >= 0.3 is 0 Å². The van der Waals surface area contributed by atoms with Crippen LogP contribution in [0, 0.1) is 0 Å². The van der Waals surface area contributed by atoms with Gasteiger partial charge in [-0.2, -0.15) is 0 Å². The van der Waals surface area contributed by atoms with Gasteiger partial charge in [-0.3, -0.25) is 0 Å². The molecule has 1 N–H and O–H groups in total. The van der Waals surface area contributed by atoms with Crippen LogP contribution in [0.3, 0.4) is 0 Å². The van der Waals surface area contributed by atoms with E-state index in [4.69, 9.17) is 4.74 Å². The Kier molecular flexibility index (Phi) is 3.87. The summed E-state index contributed by atoms with van der Waals surface area (Å²) in [5.41, 5.74) is 2.68. The molecule has 3 rings (SSSR count). The van der Waals surface area contributed by atoms with Gasteiger partial charge in [0.1, 0.15) is 11.5 Å². The van der Waals surface area contributed by atoms with Crippen molar-refractivity contribution in [2.24, 2.45) is 0 Å². The van der Waals surface area contributed by atoms with Gasteiger partial charge in [-0.25, -0.2) is 0 Å². The molecular weight excluding hydrogens is 260 g/mol. The first kappa shape index (κ1) is 14.0. The molecule has 0 aliphatic heterocycles. The maximum Gasteiger partial charge on any atom is 0.119 e. The Balaban J connectivity index is 2.09. The van der Waals surface area contributed by atoms with Gasteiger partial charge < -0.3 is 9.84 Å². The molecule has 0 heterocycles. The number of hydrogen-bond donors (Lipinski definition) is 1. The predicted molar refractivity (Wildman–Crippen MR) is 85.0 cm³/mol. The summed E-state index contributed by atoms with van der Waals surface area (Å²) >= 11 is 0. The van der Waals surface area contributed by atoms with E-state index in [0.29, 0.717) is 5.75 Å². The number of benzene rings is 2. The van der Waals surface area contributed by atoms with Crippen molar-refractivity contribution in [1.82, 2.24) is 0 Å². The summed E-state index contributed by atoms with van der Waals surface area (Å²) in [6.07, 6.45) is 6.12. The molecular formula is C19H22O2. The molecule has 2 nitrogen and oxygen atoms in total. The highest BCUT2D eigenvalue weighted by Crippen LogP contribution is 2.45. The highest BCUT2D eigenvalue weighted by atomic mass is 16.5. The van der Waals surface area contributed by atoms with Crippen LogP contribution in [0.25, 0.3) is 0 Å². The minimum Gasteiger partial charge on any atom is -0.508 e. The fourth-order valence-corrected chi connectivity index (χ4v) is 3.60. The van der Waals surface area contributed by atoms with Crippen molar-refractivity contribution < 1.29 is 9.84 Å². The van der Waals surface area contributed by atoms with E-state index in [1.807, 2.05) is 6.07 Å². The Bertz CT molecular complexity index is 595. The Morgan fingerprint density at radius 2 is 1.62 bits per heavy atom. The molecule has 2 aromatic carbocycles. The first-order chi connectivity index (χ1) is 10.2. The van der Waals surface area contributed by atoms with E-state index in [1.165, 1.54) is 30.4 Å². The fourth-order valence-electron chi connectivity index (χ4n) is 3.60. The van der Waals surface area contributed by atoms with Crippen LogP contribution in [0.15, 0.2) is 48.5 Å². The standard InChI is InChI=1S/C19H22O2/c1-21-18-7-5-6-16(14-18)19(12-3-2-4-13-19)15-8-10-17(20)11-9-15/h5-11,14,20H,2-4,12-13H2,1H3. The lowest BCUT2D eigenvalue weighted by Gasteiger charge is -2.38. The smallest absolute Gasteiger partial charge is 0.119 e. The minimum absolute atomic E-state index is 0.0560. The van der Waals surface area contributed by atoms with E-state index in [1.54, 1.807) is 19.2 Å². The summed E-state index contributed by atoms with van der Waals surface area (Å²) < 4.78 is 5.41. The zero-order valence-corrected chi connectivity index (χ0v) is 12.5. The third kappa shape index (κ3) is 2.63. The van der Waals surface area contributed by atoms with E-state index in [9.17, 15) is 5.11 Å². The molecule has 21 heavy (non-hydrogen) atoms. The molecule has 2 heteroatoms. The summed E-state index contributed by atoms with van der Waals surface area (Å²) in [7, 11) is 1.72. The summed E-state index contributed by atoms with van der Waals surface area (Å²) in [5, 5.41) is 9.57. The van der Waals surface area contributed by atoms with Crippen molar-refractivity contribution in [2.45, 2.75) is 37.5 Å². The first-order valence-corrected chi connectivity index (χ1v) is 7.69. The number of aromatic hydroxyl groups is 1. The monoisotopic (exact) mass is 282 g/mol. The van der Waals surface area contributed by atoms with Gasteiger partial charge in [0.2, 0.25) is 0 Å². The van der Waals surface area contributed by atoms with Crippen molar-refractivity contribution in [3.8, 4) is 11.5 Å². The molecule has 110 valence electrons. The van der Waals surface area contributed by atoms with Gasteiger partial charge in [-0.05, 0) is 48.2 Å². The lowest BCUT2D eigenvalue weighted by Crippen LogP contribution is -2.30. The van der Waals surface area contributed by atoms with Crippen LogP contribution in [-0.2, 0) is 5.41 Å². The predicted octanol–water partition coefficient (Wildman–Crippen LogP) is 4.65. The molecule has 0 atom stereocenters. The van der Waals surface area contributed by atoms with E-state index in [2.05, 4.69) is 30.3 Å². The highest BCUT2D eigenvalue weighted by Gasteiger charge is 2.35. The average molecular weight is 282 g/mol. The molecule has 0 amide bonds. The van der Waals surface area contributed by atoms with Gasteiger partial charge in [0.05, 0.1) is 7.11 Å². The van der Waals surface area contributed by atoms with Gasteiger partial charge in [0.25, 0.3) is 0 Å². The van der Waals surface area contributed by atoms with Crippen LogP contribution in [0.1, 0.15) is 43.2 Å². The lowest BCUT2D eigenvalue weighted by molar-refractivity contribution is 0.343. The van der Waals surface area contributed by atoms with Crippen LogP contribution in [-0.4, -0.2) is 12.2 Å². The number of ether oxygens (including phenoxy) is 1. The molecule has 0 unspecified atom stereocenters. The van der Waals surface area contributed by atoms with E-state index >= 15 is 0 Å². The average Bonchev–Trinajstić information content (AvgIpc) is 2.56. The molecule has 1 saturated carbocycles. The summed E-state index contributed by atoms with van der Waals surface area (Å²) in [5.74, 6) is 1.24. The Morgan fingerprint density at radius 3 is 2.29 bits per heavy atom. The quantitative estimate of drug-likeness (QED) is 0.887. The molecule has 2 aromatic rings. The van der Waals surface area contributed by atoms with Crippen molar-refractivity contribution in [1.29, 1.82) is 0 Å². The molecule has 1 fully saturated rings.